The fraction of sp³-hybridized carbons (Fsp3) is 0.562. The summed E-state index contributed by atoms with van der Waals surface area (Å²) in [6, 6.07) is 8.73. The molecule has 1 aliphatic carbocycles. The van der Waals surface area contributed by atoms with Gasteiger partial charge in [-0.05, 0) is 43.7 Å². The third-order valence-electron chi connectivity index (χ3n) is 4.09. The van der Waals surface area contributed by atoms with Crippen LogP contribution in [-0.2, 0) is 17.6 Å². The lowest BCUT2D eigenvalue weighted by molar-refractivity contribution is -0.145. The summed E-state index contributed by atoms with van der Waals surface area (Å²) in [5.74, 6) is -0.742. The van der Waals surface area contributed by atoms with E-state index >= 15 is 0 Å². The fourth-order valence-corrected chi connectivity index (χ4v) is 3.01. The second-order valence-corrected chi connectivity index (χ2v) is 5.74. The van der Waals surface area contributed by atoms with Crippen molar-refractivity contribution in [2.24, 2.45) is 0 Å². The molecule has 2 atom stereocenters. The van der Waals surface area contributed by atoms with Gasteiger partial charge in [-0.15, -0.1) is 0 Å². The van der Waals surface area contributed by atoms with E-state index < -0.39 is 11.5 Å². The van der Waals surface area contributed by atoms with Gasteiger partial charge >= 0.3 is 5.97 Å². The smallest absolute Gasteiger partial charge is 0.323 e. The minimum atomic E-state index is -0.800. The number of hydrogen-bond acceptors (Lipinski definition) is 2. The lowest BCUT2D eigenvalue weighted by atomic mass is 9.86. The number of nitrogens with one attached hydrogen (secondary N) is 1. The second-order valence-electron chi connectivity index (χ2n) is 5.74. The van der Waals surface area contributed by atoms with Crippen LogP contribution in [0.5, 0.6) is 0 Å². The van der Waals surface area contributed by atoms with Crippen molar-refractivity contribution in [3.05, 3.63) is 35.4 Å². The zero-order valence-corrected chi connectivity index (χ0v) is 11.8. The van der Waals surface area contributed by atoms with Crippen molar-refractivity contribution in [1.29, 1.82) is 0 Å². The van der Waals surface area contributed by atoms with E-state index in [0.717, 1.165) is 25.7 Å². The Hall–Kier alpha value is -1.35. The van der Waals surface area contributed by atoms with Crippen LogP contribution in [0.15, 0.2) is 24.3 Å². The lowest BCUT2D eigenvalue weighted by Gasteiger charge is -2.34. The van der Waals surface area contributed by atoms with E-state index in [1.54, 1.807) is 6.92 Å². The highest BCUT2D eigenvalue weighted by Gasteiger charge is 2.35. The molecule has 1 aromatic rings. The molecule has 0 bridgehead atoms. The Morgan fingerprint density at radius 2 is 2.11 bits per heavy atom. The zero-order chi connectivity index (χ0) is 13.9. The van der Waals surface area contributed by atoms with Crippen LogP contribution < -0.4 is 5.32 Å². The molecule has 0 amide bonds. The van der Waals surface area contributed by atoms with E-state index in [4.69, 9.17) is 0 Å². The van der Waals surface area contributed by atoms with E-state index in [1.165, 1.54) is 11.1 Å². The lowest BCUT2D eigenvalue weighted by Crippen LogP contribution is -2.55. The summed E-state index contributed by atoms with van der Waals surface area (Å²) >= 11 is 0. The SMILES string of the molecule is CCCC(C)(NC1CCc2ccccc2C1)C(=O)O. The molecule has 19 heavy (non-hydrogen) atoms. The Morgan fingerprint density at radius 3 is 2.74 bits per heavy atom. The van der Waals surface area contributed by atoms with Crippen LogP contribution in [0.25, 0.3) is 0 Å². The standard InChI is InChI=1S/C16H23NO2/c1-3-10-16(2,15(18)19)17-14-9-8-12-6-4-5-7-13(12)11-14/h4-7,14,17H,3,8-11H2,1-2H3,(H,18,19). The number of carbonyl (C=O) groups is 1. The van der Waals surface area contributed by atoms with Crippen LogP contribution >= 0.6 is 0 Å². The third-order valence-corrected chi connectivity index (χ3v) is 4.09. The van der Waals surface area contributed by atoms with Crippen molar-refractivity contribution in [3.63, 3.8) is 0 Å². The average Bonchev–Trinajstić information content (AvgIpc) is 2.38. The number of carboxylic acids is 1. The van der Waals surface area contributed by atoms with Gasteiger partial charge in [0, 0.05) is 6.04 Å². The Kier molecular flexibility index (Phi) is 4.25. The maximum absolute atomic E-state index is 11.5. The summed E-state index contributed by atoms with van der Waals surface area (Å²) < 4.78 is 0. The molecule has 0 saturated carbocycles. The van der Waals surface area contributed by atoms with Gasteiger partial charge in [0.05, 0.1) is 0 Å². The van der Waals surface area contributed by atoms with Crippen LogP contribution in [0.4, 0.5) is 0 Å². The van der Waals surface area contributed by atoms with Crippen molar-refractivity contribution < 1.29 is 9.90 Å². The first kappa shape index (κ1) is 14.1. The molecular weight excluding hydrogens is 238 g/mol. The van der Waals surface area contributed by atoms with Crippen molar-refractivity contribution in [1.82, 2.24) is 5.32 Å². The van der Waals surface area contributed by atoms with Crippen LogP contribution in [0.3, 0.4) is 0 Å². The van der Waals surface area contributed by atoms with Crippen LogP contribution in [-0.4, -0.2) is 22.7 Å². The third kappa shape index (κ3) is 3.16. The van der Waals surface area contributed by atoms with Crippen molar-refractivity contribution in [3.8, 4) is 0 Å². The predicted octanol–water partition coefficient (Wildman–Crippen LogP) is 2.78. The second kappa shape index (κ2) is 5.74. The monoisotopic (exact) mass is 261 g/mol. The summed E-state index contributed by atoms with van der Waals surface area (Å²) in [6.45, 7) is 3.83. The summed E-state index contributed by atoms with van der Waals surface area (Å²) in [7, 11) is 0. The number of aliphatic carboxylic acids is 1. The molecule has 3 heteroatoms. The Labute approximate surface area is 115 Å². The first-order valence-corrected chi connectivity index (χ1v) is 7.13. The minimum absolute atomic E-state index is 0.266. The average molecular weight is 261 g/mol. The van der Waals surface area contributed by atoms with E-state index in [-0.39, 0.29) is 6.04 Å². The van der Waals surface area contributed by atoms with E-state index in [9.17, 15) is 9.90 Å². The number of benzene rings is 1. The summed E-state index contributed by atoms with van der Waals surface area (Å²) in [5.41, 5.74) is 1.97. The topological polar surface area (TPSA) is 49.3 Å². The maximum Gasteiger partial charge on any atom is 0.323 e. The Morgan fingerprint density at radius 1 is 1.42 bits per heavy atom. The summed E-state index contributed by atoms with van der Waals surface area (Å²) in [5, 5.41) is 12.8. The van der Waals surface area contributed by atoms with E-state index in [1.807, 2.05) is 6.92 Å². The highest BCUT2D eigenvalue weighted by molar-refractivity contribution is 5.78. The van der Waals surface area contributed by atoms with Crippen LogP contribution in [0.1, 0.15) is 44.2 Å². The quantitative estimate of drug-likeness (QED) is 0.857. The van der Waals surface area contributed by atoms with Gasteiger partial charge in [0.2, 0.25) is 0 Å². The predicted molar refractivity (Wildman–Crippen MR) is 76.3 cm³/mol. The molecule has 0 aromatic heterocycles. The van der Waals surface area contributed by atoms with Gasteiger partial charge in [0.1, 0.15) is 5.54 Å². The van der Waals surface area contributed by atoms with Gasteiger partial charge in [0.15, 0.2) is 0 Å². The molecule has 0 fully saturated rings. The largest absolute Gasteiger partial charge is 0.480 e. The zero-order valence-electron chi connectivity index (χ0n) is 11.8. The molecule has 104 valence electrons. The summed E-state index contributed by atoms with van der Waals surface area (Å²) in [6.07, 6.45) is 4.53. The van der Waals surface area contributed by atoms with Gasteiger partial charge in [-0.2, -0.15) is 0 Å². The molecule has 2 N–H and O–H groups in total. The summed E-state index contributed by atoms with van der Waals surface area (Å²) in [4.78, 5) is 11.5. The molecule has 0 heterocycles. The normalized spacial score (nSPS) is 21.5. The molecule has 1 aliphatic rings. The van der Waals surface area contributed by atoms with Crippen molar-refractivity contribution >= 4 is 5.97 Å². The Bertz CT molecular complexity index is 458. The van der Waals surface area contributed by atoms with Gasteiger partial charge in [-0.3, -0.25) is 10.1 Å². The van der Waals surface area contributed by atoms with E-state index in [0.29, 0.717) is 6.42 Å². The molecule has 0 aliphatic heterocycles. The molecule has 2 rings (SSSR count). The highest BCUT2D eigenvalue weighted by atomic mass is 16.4. The fourth-order valence-electron chi connectivity index (χ4n) is 3.01. The maximum atomic E-state index is 11.5. The molecule has 0 spiro atoms. The van der Waals surface area contributed by atoms with Gasteiger partial charge < -0.3 is 5.11 Å². The van der Waals surface area contributed by atoms with Crippen molar-refractivity contribution in [2.45, 2.75) is 57.5 Å². The van der Waals surface area contributed by atoms with Gasteiger partial charge in [-0.1, -0.05) is 37.6 Å². The highest BCUT2D eigenvalue weighted by Crippen LogP contribution is 2.24. The number of fused-ring (bicyclic) bond motifs is 1. The van der Waals surface area contributed by atoms with Crippen LogP contribution in [0.2, 0.25) is 0 Å². The number of aryl methyl sites for hydroxylation is 1. The Balaban J connectivity index is 2.07. The first-order chi connectivity index (χ1) is 9.05. The molecule has 0 radical (unpaired) electrons. The molecular formula is C16H23NO2. The molecule has 2 unspecified atom stereocenters. The van der Waals surface area contributed by atoms with Gasteiger partial charge in [-0.25, -0.2) is 0 Å². The number of rotatable bonds is 5. The first-order valence-electron chi connectivity index (χ1n) is 7.13. The van der Waals surface area contributed by atoms with E-state index in [2.05, 4.69) is 29.6 Å². The molecule has 3 nitrogen and oxygen atoms in total. The van der Waals surface area contributed by atoms with Gasteiger partial charge in [0.25, 0.3) is 0 Å². The minimum Gasteiger partial charge on any atom is -0.480 e. The molecule has 1 aromatic carbocycles. The molecule has 0 saturated heterocycles. The number of hydrogen-bond donors (Lipinski definition) is 2. The van der Waals surface area contributed by atoms with Crippen molar-refractivity contribution in [2.75, 3.05) is 0 Å². The number of carboxylic acid groups (broad SMARTS) is 1. The van der Waals surface area contributed by atoms with Crippen LogP contribution in [0, 0.1) is 0 Å².